The molecule has 0 aliphatic carbocycles. The zero-order chi connectivity index (χ0) is 36.6. The minimum absolute atomic E-state index is 0.0390. The summed E-state index contributed by atoms with van der Waals surface area (Å²) >= 11 is 0. The van der Waals surface area contributed by atoms with Crippen molar-refractivity contribution in [1.29, 1.82) is 0 Å². The van der Waals surface area contributed by atoms with Gasteiger partial charge in [0, 0.05) is 17.8 Å². The smallest absolute Gasteiger partial charge is 0.407 e. The summed E-state index contributed by atoms with van der Waals surface area (Å²) in [7, 11) is 1.23. The van der Waals surface area contributed by atoms with Crippen LogP contribution in [0.1, 0.15) is 58.1 Å². The molecule has 12 heteroatoms. The van der Waals surface area contributed by atoms with Crippen LogP contribution >= 0.6 is 0 Å². The topological polar surface area (TPSA) is 179 Å². The molecule has 3 aromatic rings. The van der Waals surface area contributed by atoms with E-state index in [2.05, 4.69) is 26.3 Å². The Morgan fingerprint density at radius 1 is 0.740 bits per heavy atom. The number of ether oxygens (including phenoxy) is 1. The van der Waals surface area contributed by atoms with E-state index in [1.807, 2.05) is 93.6 Å². The number of rotatable bonds is 18. The van der Waals surface area contributed by atoms with E-state index in [0.29, 0.717) is 19.3 Å². The van der Waals surface area contributed by atoms with Gasteiger partial charge in [0.1, 0.15) is 12.1 Å². The largest absolute Gasteiger partial charge is 0.465 e. The Bertz CT molecular complexity index is 1510. The molecule has 0 spiro atoms. The quantitative estimate of drug-likeness (QED) is 0.111. The van der Waals surface area contributed by atoms with Crippen LogP contribution < -0.4 is 21.3 Å². The van der Waals surface area contributed by atoms with Crippen LogP contribution in [0.5, 0.6) is 0 Å². The molecular formula is C38H51N5O7. The monoisotopic (exact) mass is 689 g/mol. The van der Waals surface area contributed by atoms with Crippen molar-refractivity contribution in [2.75, 3.05) is 7.11 Å². The molecule has 50 heavy (non-hydrogen) atoms. The normalized spacial score (nSPS) is 15.2. The van der Waals surface area contributed by atoms with Crippen molar-refractivity contribution >= 4 is 24.0 Å². The van der Waals surface area contributed by atoms with Gasteiger partial charge in [-0.2, -0.15) is 0 Å². The Morgan fingerprint density at radius 3 is 1.88 bits per heavy atom. The van der Waals surface area contributed by atoms with Crippen LogP contribution in [0.4, 0.5) is 9.59 Å². The van der Waals surface area contributed by atoms with E-state index in [-0.39, 0.29) is 24.7 Å². The van der Waals surface area contributed by atoms with E-state index in [1.165, 1.54) is 7.11 Å². The van der Waals surface area contributed by atoms with E-state index >= 15 is 0 Å². The fraction of sp³-hybridized carbons (Fsp3) is 0.447. The summed E-state index contributed by atoms with van der Waals surface area (Å²) in [4.78, 5) is 55.4. The molecule has 270 valence electrons. The summed E-state index contributed by atoms with van der Waals surface area (Å²) in [5.74, 6) is -1.51. The van der Waals surface area contributed by atoms with Gasteiger partial charge in [-0.05, 0) is 54.4 Å². The second kappa shape index (κ2) is 19.9. The number of aromatic nitrogens is 1. The number of benzene rings is 2. The van der Waals surface area contributed by atoms with E-state index in [1.54, 1.807) is 13.1 Å². The Kier molecular flexibility index (Phi) is 15.7. The molecule has 0 aliphatic heterocycles. The van der Waals surface area contributed by atoms with E-state index in [4.69, 9.17) is 4.74 Å². The molecule has 0 aliphatic rings. The van der Waals surface area contributed by atoms with Crippen molar-refractivity contribution in [2.24, 2.45) is 11.8 Å². The summed E-state index contributed by atoms with van der Waals surface area (Å²) in [6.07, 6.45) is 0.298. The summed E-state index contributed by atoms with van der Waals surface area (Å²) in [5, 5.41) is 32.2. The van der Waals surface area contributed by atoms with Crippen LogP contribution in [0.3, 0.4) is 0 Å². The van der Waals surface area contributed by atoms with Crippen molar-refractivity contribution in [3.8, 4) is 11.3 Å². The number of nitrogens with one attached hydrogen (secondary N) is 4. The van der Waals surface area contributed by atoms with Gasteiger partial charge in [-0.15, -0.1) is 0 Å². The van der Waals surface area contributed by atoms with E-state index in [0.717, 1.165) is 22.4 Å². The summed E-state index contributed by atoms with van der Waals surface area (Å²) in [6, 6.07) is 19.4. The summed E-state index contributed by atoms with van der Waals surface area (Å²) in [6.45, 7) is 7.41. The molecule has 1 aromatic heterocycles. The second-order valence-electron chi connectivity index (χ2n) is 12.7. The first-order valence-corrected chi connectivity index (χ1v) is 17.1. The Labute approximate surface area is 294 Å². The lowest BCUT2D eigenvalue weighted by Gasteiger charge is -2.32. The van der Waals surface area contributed by atoms with E-state index < -0.39 is 54.3 Å². The van der Waals surface area contributed by atoms with Gasteiger partial charge in [0.05, 0.1) is 24.9 Å². The number of carbonyl (C=O) groups excluding carboxylic acids is 3. The second-order valence-corrected chi connectivity index (χ2v) is 12.7. The van der Waals surface area contributed by atoms with Crippen LogP contribution in [0.2, 0.25) is 0 Å². The zero-order valence-electron chi connectivity index (χ0n) is 29.5. The van der Waals surface area contributed by atoms with Gasteiger partial charge in [0.15, 0.2) is 0 Å². The van der Waals surface area contributed by atoms with Crippen LogP contribution in [0.15, 0.2) is 79.0 Å². The van der Waals surface area contributed by atoms with E-state index in [9.17, 15) is 29.4 Å². The molecule has 4 amide bonds. The average Bonchev–Trinajstić information content (AvgIpc) is 3.12. The number of amides is 4. The highest BCUT2D eigenvalue weighted by Gasteiger charge is 2.33. The summed E-state index contributed by atoms with van der Waals surface area (Å²) in [5.41, 5.74) is 3.48. The predicted octanol–water partition coefficient (Wildman–Crippen LogP) is 4.71. The number of hydrogen-bond acceptors (Lipinski definition) is 7. The molecule has 0 saturated carbocycles. The summed E-state index contributed by atoms with van der Waals surface area (Å²) < 4.78 is 4.77. The third kappa shape index (κ3) is 12.2. The van der Waals surface area contributed by atoms with Gasteiger partial charge in [0.2, 0.25) is 11.8 Å². The molecule has 3 rings (SSSR count). The molecule has 0 fully saturated rings. The van der Waals surface area contributed by atoms with Crippen LogP contribution in [0, 0.1) is 11.8 Å². The maximum Gasteiger partial charge on any atom is 0.407 e. The highest BCUT2D eigenvalue weighted by atomic mass is 16.5. The lowest BCUT2D eigenvalue weighted by molar-refractivity contribution is -0.127. The Hall–Kier alpha value is -4.97. The Balaban J connectivity index is 1.93. The molecule has 0 bridgehead atoms. The zero-order valence-corrected chi connectivity index (χ0v) is 29.5. The van der Waals surface area contributed by atoms with Gasteiger partial charge in [-0.1, -0.05) is 101 Å². The standard InChI is InChI=1S/C38H51N5O7/c1-6-24(3)33(42-37(47)48)36(46)41-31(22-26-13-9-8-10-14-26)32(44)23-29(40-35(45)34(25(4)7-2)43-38(49)50-5)21-27-16-18-28(19-17-27)30-15-11-12-20-39-30/h8-20,24-25,29,31-34,42,44H,6-7,21-23H2,1-5H3,(H,40,45)(H,41,46)(H,43,49)(H,47,48)/t24?,25?,29-,31?,32?,33-,34-/m0/s1. The van der Waals surface area contributed by atoms with Gasteiger partial charge >= 0.3 is 12.2 Å². The predicted molar refractivity (Wildman–Crippen MR) is 191 cm³/mol. The number of hydrogen-bond donors (Lipinski definition) is 6. The number of carbonyl (C=O) groups is 4. The van der Waals surface area contributed by atoms with Gasteiger partial charge < -0.3 is 36.2 Å². The number of nitrogens with zero attached hydrogens (tertiary/aromatic N) is 1. The van der Waals surface area contributed by atoms with Gasteiger partial charge in [-0.3, -0.25) is 14.6 Å². The molecule has 4 unspecified atom stereocenters. The molecule has 0 saturated heterocycles. The molecule has 1 heterocycles. The first kappa shape index (κ1) is 39.5. The minimum atomic E-state index is -1.32. The third-order valence-corrected chi connectivity index (χ3v) is 9.09. The SMILES string of the molecule is CCC(C)[C@H](NC(=O)O)C(=O)NC(Cc1ccccc1)C(O)C[C@H](Cc1ccc(-c2ccccn2)cc1)NC(=O)[C@@H](NC(=O)OC)C(C)CC. The lowest BCUT2D eigenvalue weighted by Crippen LogP contribution is -2.57. The number of aliphatic hydroxyl groups excluding tert-OH is 1. The molecule has 6 N–H and O–H groups in total. The molecular weight excluding hydrogens is 638 g/mol. The van der Waals surface area contributed by atoms with Crippen molar-refractivity contribution in [3.05, 3.63) is 90.1 Å². The van der Waals surface area contributed by atoms with Crippen molar-refractivity contribution in [3.63, 3.8) is 0 Å². The Morgan fingerprint density at radius 2 is 1.32 bits per heavy atom. The molecule has 0 radical (unpaired) electrons. The third-order valence-electron chi connectivity index (χ3n) is 9.09. The lowest BCUT2D eigenvalue weighted by atomic mass is 9.91. The highest BCUT2D eigenvalue weighted by molar-refractivity contribution is 5.86. The maximum absolute atomic E-state index is 13.8. The first-order valence-electron chi connectivity index (χ1n) is 17.1. The first-order chi connectivity index (χ1) is 23.9. The maximum atomic E-state index is 13.8. The van der Waals surface area contributed by atoms with Gasteiger partial charge in [0.25, 0.3) is 0 Å². The fourth-order valence-electron chi connectivity index (χ4n) is 5.72. The minimum Gasteiger partial charge on any atom is -0.465 e. The van der Waals surface area contributed by atoms with Crippen LogP contribution in [0.25, 0.3) is 11.3 Å². The number of methoxy groups -OCH3 is 1. The number of pyridine rings is 1. The van der Waals surface area contributed by atoms with Crippen molar-refractivity contribution in [2.45, 2.75) is 90.1 Å². The molecule has 2 aromatic carbocycles. The van der Waals surface area contributed by atoms with Crippen molar-refractivity contribution in [1.82, 2.24) is 26.3 Å². The molecule has 12 nitrogen and oxygen atoms in total. The fourth-order valence-corrected chi connectivity index (χ4v) is 5.72. The van der Waals surface area contributed by atoms with Crippen LogP contribution in [-0.2, 0) is 27.2 Å². The van der Waals surface area contributed by atoms with Crippen molar-refractivity contribution < 1.29 is 34.1 Å². The number of carboxylic acid groups (broad SMARTS) is 1. The number of aliphatic hydroxyl groups is 1. The van der Waals surface area contributed by atoms with Crippen LogP contribution in [-0.4, -0.2) is 76.6 Å². The van der Waals surface area contributed by atoms with Gasteiger partial charge in [-0.25, -0.2) is 9.59 Å². The molecule has 7 atom stereocenters. The average molecular weight is 690 g/mol. The number of alkyl carbamates (subject to hydrolysis) is 1. The highest BCUT2D eigenvalue weighted by Crippen LogP contribution is 2.20.